The molecule has 0 aliphatic carbocycles. The second kappa shape index (κ2) is 10.2. The van der Waals surface area contributed by atoms with Crippen molar-refractivity contribution < 1.29 is 21.1 Å². The summed E-state index contributed by atoms with van der Waals surface area (Å²) in [6, 6.07) is 38.6. The number of aryl methyl sites for hydroxylation is 1. The molecule has 0 radical (unpaired) electrons. The summed E-state index contributed by atoms with van der Waals surface area (Å²) in [5.74, 6) is 0.871. The molecule has 0 spiro atoms. The van der Waals surface area contributed by atoms with Crippen molar-refractivity contribution in [3.05, 3.63) is 121 Å². The molecule has 0 N–H and O–H groups in total. The van der Waals surface area contributed by atoms with Crippen LogP contribution < -0.4 is 0 Å². The van der Waals surface area contributed by atoms with Gasteiger partial charge in [0.1, 0.15) is 5.01 Å². The number of thiazole rings is 1. The fraction of sp³-hybridized carbons (Fsp3) is 0.0294. The summed E-state index contributed by atoms with van der Waals surface area (Å²) in [4.78, 5) is 14.1. The van der Waals surface area contributed by atoms with Crippen LogP contribution in [0, 0.1) is 12.1 Å². The monoisotopic (exact) mass is 726 g/mol. The molecule has 8 aromatic rings. The molecule has 0 bridgehead atoms. The molecule has 0 saturated heterocycles. The van der Waals surface area contributed by atoms with Crippen molar-refractivity contribution in [1.82, 2.24) is 24.1 Å². The zero-order chi connectivity index (χ0) is 26.6. The molecule has 8 rings (SSSR count). The number of para-hydroxylation sites is 1. The Balaban J connectivity index is 0.00000276. The Hall–Kier alpha value is -4.38. The van der Waals surface area contributed by atoms with E-state index in [2.05, 4.69) is 105 Å². The van der Waals surface area contributed by atoms with Gasteiger partial charge in [-0.15, -0.1) is 64.9 Å². The predicted molar refractivity (Wildman–Crippen MR) is 162 cm³/mol. The van der Waals surface area contributed by atoms with E-state index in [1.165, 1.54) is 5.39 Å². The van der Waals surface area contributed by atoms with Gasteiger partial charge in [0.05, 0.1) is 16.9 Å². The smallest absolute Gasteiger partial charge is 0.367 e. The van der Waals surface area contributed by atoms with Gasteiger partial charge >= 0.3 is 21.1 Å². The van der Waals surface area contributed by atoms with Gasteiger partial charge in [0.15, 0.2) is 0 Å². The van der Waals surface area contributed by atoms with E-state index >= 15 is 0 Å². The Morgan fingerprint density at radius 2 is 1.63 bits per heavy atom. The van der Waals surface area contributed by atoms with Gasteiger partial charge in [-0.05, 0) is 52.6 Å². The van der Waals surface area contributed by atoms with Crippen LogP contribution in [0.4, 0.5) is 0 Å². The molecule has 0 unspecified atom stereocenters. The number of imidazole rings is 1. The molecule has 41 heavy (non-hydrogen) atoms. The van der Waals surface area contributed by atoms with E-state index in [1.54, 1.807) is 11.3 Å². The molecule has 0 amide bonds. The predicted octanol–water partition coefficient (Wildman–Crippen LogP) is 8.12. The Kier molecular flexibility index (Phi) is 6.38. The number of fused-ring (bicyclic) bond motifs is 4. The fourth-order valence-corrected chi connectivity index (χ4v) is 6.11. The molecule has 0 atom stereocenters. The third kappa shape index (κ3) is 4.22. The molecule has 4 aromatic heterocycles. The summed E-state index contributed by atoms with van der Waals surface area (Å²) in [7, 11) is 2.06. The van der Waals surface area contributed by atoms with Crippen molar-refractivity contribution in [1.29, 1.82) is 0 Å². The van der Waals surface area contributed by atoms with E-state index in [9.17, 15) is 0 Å². The SMILES string of the molecule is Cn1c(-c2[c-]c3c(cc2)c2ccccc2n3-c2[c-]c(-c3ccccn3)ccc2)nc2cc(-c3nccs3)ccc21.[Pt+2]. The molecule has 4 aromatic carbocycles. The molecule has 0 aliphatic rings. The largest absolute Gasteiger partial charge is 2.00 e. The van der Waals surface area contributed by atoms with Crippen molar-refractivity contribution in [3.8, 4) is 38.9 Å². The normalized spacial score (nSPS) is 11.3. The topological polar surface area (TPSA) is 48.5 Å². The standard InChI is InChI=1S/C34H21N5S.Pt/c1-38-31-15-13-24(34-36-17-18-40-34)20-29(31)37-33(38)23-12-14-27-26-9-2-3-11-30(26)39(32(27)21-23)25-8-6-7-22(19-25)28-10-4-5-16-35-28;/h2-18,20H,1H3;/q-2;+2. The van der Waals surface area contributed by atoms with Gasteiger partial charge in [-0.2, -0.15) is 0 Å². The van der Waals surface area contributed by atoms with Crippen molar-refractivity contribution in [2.45, 2.75) is 0 Å². The second-order valence-corrected chi connectivity index (χ2v) is 10.6. The van der Waals surface area contributed by atoms with E-state index in [4.69, 9.17) is 4.98 Å². The number of nitrogens with zero attached hydrogens (tertiary/aromatic N) is 5. The maximum absolute atomic E-state index is 5.05. The number of rotatable bonds is 4. The molecule has 4 heterocycles. The summed E-state index contributed by atoms with van der Waals surface area (Å²) >= 11 is 1.63. The van der Waals surface area contributed by atoms with E-state index in [-0.39, 0.29) is 21.1 Å². The average molecular weight is 727 g/mol. The summed E-state index contributed by atoms with van der Waals surface area (Å²) in [5.41, 5.74) is 8.92. The van der Waals surface area contributed by atoms with E-state index in [1.807, 2.05) is 42.0 Å². The number of hydrogen-bond acceptors (Lipinski definition) is 4. The second-order valence-electron chi connectivity index (χ2n) is 9.69. The van der Waals surface area contributed by atoms with Crippen molar-refractivity contribution in [3.63, 3.8) is 0 Å². The van der Waals surface area contributed by atoms with Gasteiger partial charge in [0, 0.05) is 35.9 Å². The van der Waals surface area contributed by atoms with Crippen LogP contribution in [0.3, 0.4) is 0 Å². The van der Waals surface area contributed by atoms with E-state index in [0.717, 1.165) is 66.4 Å². The van der Waals surface area contributed by atoms with Crippen LogP contribution in [0.25, 0.3) is 71.7 Å². The minimum Gasteiger partial charge on any atom is -0.367 e. The van der Waals surface area contributed by atoms with Gasteiger partial charge < -0.3 is 14.1 Å². The molecule has 0 fully saturated rings. The first kappa shape index (κ1) is 25.6. The first-order chi connectivity index (χ1) is 19.7. The van der Waals surface area contributed by atoms with Crippen LogP contribution in [-0.2, 0) is 28.1 Å². The number of hydrogen-bond donors (Lipinski definition) is 0. The van der Waals surface area contributed by atoms with Gasteiger partial charge in [-0.3, -0.25) is 4.98 Å². The number of benzene rings is 4. The Bertz CT molecular complexity index is 2180. The van der Waals surface area contributed by atoms with Gasteiger partial charge in [-0.1, -0.05) is 35.7 Å². The third-order valence-electron chi connectivity index (χ3n) is 7.35. The van der Waals surface area contributed by atoms with E-state index < -0.39 is 0 Å². The minimum absolute atomic E-state index is 0. The van der Waals surface area contributed by atoms with Gasteiger partial charge in [0.2, 0.25) is 0 Å². The van der Waals surface area contributed by atoms with Crippen LogP contribution in [-0.4, -0.2) is 24.1 Å². The molecule has 5 nitrogen and oxygen atoms in total. The molecule has 7 heteroatoms. The Labute approximate surface area is 255 Å². The van der Waals surface area contributed by atoms with Crippen LogP contribution >= 0.6 is 11.3 Å². The van der Waals surface area contributed by atoms with Gasteiger partial charge in [-0.25, -0.2) is 4.98 Å². The Morgan fingerprint density at radius 1 is 0.732 bits per heavy atom. The van der Waals surface area contributed by atoms with Crippen LogP contribution in [0.5, 0.6) is 0 Å². The zero-order valence-corrected chi connectivity index (χ0v) is 24.9. The first-order valence-corrected chi connectivity index (χ1v) is 13.9. The molecular formula is C34H21N5PtS. The quantitative estimate of drug-likeness (QED) is 0.172. The van der Waals surface area contributed by atoms with E-state index in [0.29, 0.717) is 0 Å². The number of pyridine rings is 1. The van der Waals surface area contributed by atoms with Crippen molar-refractivity contribution >= 4 is 44.2 Å². The summed E-state index contributed by atoms with van der Waals surface area (Å²) < 4.78 is 4.38. The molecule has 0 aliphatic heterocycles. The minimum atomic E-state index is 0. The van der Waals surface area contributed by atoms with Crippen molar-refractivity contribution in [2.75, 3.05) is 0 Å². The zero-order valence-electron chi connectivity index (χ0n) is 21.9. The van der Waals surface area contributed by atoms with Crippen molar-refractivity contribution in [2.24, 2.45) is 7.05 Å². The van der Waals surface area contributed by atoms with Crippen LogP contribution in [0.1, 0.15) is 0 Å². The first-order valence-electron chi connectivity index (χ1n) is 13.0. The molecule has 0 saturated carbocycles. The molecule has 198 valence electrons. The average Bonchev–Trinajstić information content (AvgIpc) is 3.74. The fourth-order valence-electron chi connectivity index (χ4n) is 5.47. The summed E-state index contributed by atoms with van der Waals surface area (Å²) in [6.07, 6.45) is 3.65. The Morgan fingerprint density at radius 3 is 2.49 bits per heavy atom. The maximum atomic E-state index is 5.05. The van der Waals surface area contributed by atoms with Gasteiger partial charge in [0.25, 0.3) is 0 Å². The summed E-state index contributed by atoms with van der Waals surface area (Å²) in [6.45, 7) is 0. The number of aromatic nitrogens is 5. The maximum Gasteiger partial charge on any atom is 2.00 e. The van der Waals surface area contributed by atoms with Crippen LogP contribution in [0.15, 0.2) is 109 Å². The van der Waals surface area contributed by atoms with Crippen LogP contribution in [0.2, 0.25) is 0 Å². The summed E-state index contributed by atoms with van der Waals surface area (Å²) in [5, 5.41) is 5.31. The third-order valence-corrected chi connectivity index (χ3v) is 8.17. The molecular weight excluding hydrogens is 706 g/mol.